The second-order valence-corrected chi connectivity index (χ2v) is 8.22. The van der Waals surface area contributed by atoms with Crippen LogP contribution in [0, 0.1) is 6.92 Å². The summed E-state index contributed by atoms with van der Waals surface area (Å²) in [6.45, 7) is 1.93. The van der Waals surface area contributed by atoms with Crippen molar-refractivity contribution in [2.75, 3.05) is 12.0 Å². The minimum Gasteiger partial charge on any atom is -0.507 e. The van der Waals surface area contributed by atoms with E-state index in [1.165, 1.54) is 24.1 Å². The Morgan fingerprint density at radius 1 is 0.969 bits per heavy atom. The molecule has 1 amide bonds. The first kappa shape index (κ1) is 21.9. The van der Waals surface area contributed by atoms with Crippen molar-refractivity contribution in [3.8, 4) is 5.75 Å². The molecule has 1 atom stereocenters. The number of rotatable bonds is 4. The van der Waals surface area contributed by atoms with Crippen LogP contribution >= 0.6 is 23.2 Å². The third kappa shape index (κ3) is 3.85. The van der Waals surface area contributed by atoms with Crippen molar-refractivity contribution in [3.63, 3.8) is 0 Å². The molecule has 4 rings (SSSR count). The van der Waals surface area contributed by atoms with E-state index in [0.717, 1.165) is 5.56 Å². The summed E-state index contributed by atoms with van der Waals surface area (Å²) in [5.41, 5.74) is 2.42. The van der Waals surface area contributed by atoms with Gasteiger partial charge in [0.2, 0.25) is 0 Å². The number of aryl methyl sites for hydroxylation is 1. The van der Waals surface area contributed by atoms with E-state index in [1.54, 1.807) is 42.5 Å². The molecule has 0 radical (unpaired) electrons. The number of nitrogens with zero attached hydrogens (tertiary/aromatic N) is 1. The third-order valence-corrected chi connectivity index (χ3v) is 6.10. The molecule has 5 nitrogen and oxygen atoms in total. The summed E-state index contributed by atoms with van der Waals surface area (Å²) < 4.78 is 5.33. The van der Waals surface area contributed by atoms with Gasteiger partial charge in [0.1, 0.15) is 11.5 Å². The number of methoxy groups -OCH3 is 1. The van der Waals surface area contributed by atoms with Crippen LogP contribution in [0.15, 0.2) is 72.3 Å². The Morgan fingerprint density at radius 2 is 1.69 bits per heavy atom. The minimum atomic E-state index is -0.859. The number of amides is 1. The van der Waals surface area contributed by atoms with E-state index in [4.69, 9.17) is 27.9 Å². The van der Waals surface area contributed by atoms with Crippen LogP contribution in [0.4, 0.5) is 5.69 Å². The maximum Gasteiger partial charge on any atom is 0.300 e. The fraction of sp³-hybridized carbons (Fsp3) is 0.120. The van der Waals surface area contributed by atoms with Gasteiger partial charge in [0.25, 0.3) is 11.7 Å². The molecule has 1 saturated heterocycles. The molecular weight excluding hydrogens is 449 g/mol. The molecule has 0 bridgehead atoms. The number of hydrogen-bond acceptors (Lipinski definition) is 4. The van der Waals surface area contributed by atoms with Crippen LogP contribution in [-0.2, 0) is 9.59 Å². The maximum absolute atomic E-state index is 13.2. The van der Waals surface area contributed by atoms with Crippen molar-refractivity contribution >= 4 is 46.3 Å². The topological polar surface area (TPSA) is 66.8 Å². The quantitative estimate of drug-likeness (QED) is 0.293. The lowest BCUT2D eigenvalue weighted by molar-refractivity contribution is -0.132. The SMILES string of the molecule is COc1cccc(C2/C(=C(/O)c3ccc(Cl)c(Cl)c3)C(=O)C(=O)N2c2ccc(C)cc2)c1. The second kappa shape index (κ2) is 8.69. The van der Waals surface area contributed by atoms with E-state index in [0.29, 0.717) is 22.0 Å². The molecular formula is C25H19Cl2NO4. The first-order chi connectivity index (χ1) is 15.3. The predicted molar refractivity (Wildman–Crippen MR) is 125 cm³/mol. The number of carbonyl (C=O) groups excluding carboxylic acids is 2. The average molecular weight is 468 g/mol. The van der Waals surface area contributed by atoms with E-state index >= 15 is 0 Å². The molecule has 1 heterocycles. The Balaban J connectivity index is 1.96. The molecule has 1 fully saturated rings. The maximum atomic E-state index is 13.2. The summed E-state index contributed by atoms with van der Waals surface area (Å²) in [6.07, 6.45) is 0. The molecule has 32 heavy (non-hydrogen) atoms. The van der Waals surface area contributed by atoms with E-state index in [9.17, 15) is 14.7 Å². The molecule has 3 aromatic rings. The van der Waals surface area contributed by atoms with Crippen molar-refractivity contribution < 1.29 is 19.4 Å². The number of aliphatic hydroxyl groups is 1. The molecule has 1 unspecified atom stereocenters. The lowest BCUT2D eigenvalue weighted by atomic mass is 9.95. The minimum absolute atomic E-state index is 0.0396. The number of benzene rings is 3. The average Bonchev–Trinajstić information content (AvgIpc) is 3.06. The summed E-state index contributed by atoms with van der Waals surface area (Å²) >= 11 is 12.1. The molecule has 1 aliphatic rings. The molecule has 0 spiro atoms. The van der Waals surface area contributed by atoms with Gasteiger partial charge in [0, 0.05) is 11.3 Å². The Labute approximate surface area is 195 Å². The molecule has 7 heteroatoms. The lowest BCUT2D eigenvalue weighted by Crippen LogP contribution is -2.29. The smallest absolute Gasteiger partial charge is 0.300 e. The van der Waals surface area contributed by atoms with Gasteiger partial charge in [0.05, 0.1) is 28.8 Å². The van der Waals surface area contributed by atoms with Crippen LogP contribution in [0.25, 0.3) is 5.76 Å². The number of halogens is 2. The van der Waals surface area contributed by atoms with E-state index in [-0.39, 0.29) is 21.9 Å². The molecule has 1 N–H and O–H groups in total. The Bertz CT molecular complexity index is 1250. The number of aliphatic hydroxyl groups excluding tert-OH is 1. The highest BCUT2D eigenvalue weighted by molar-refractivity contribution is 6.51. The monoisotopic (exact) mass is 467 g/mol. The fourth-order valence-corrected chi connectivity index (χ4v) is 4.03. The summed E-state index contributed by atoms with van der Waals surface area (Å²) in [4.78, 5) is 27.7. The van der Waals surface area contributed by atoms with Crippen LogP contribution in [0.2, 0.25) is 10.0 Å². The first-order valence-electron chi connectivity index (χ1n) is 9.79. The summed E-state index contributed by atoms with van der Waals surface area (Å²) in [5, 5.41) is 11.7. The Hall–Kier alpha value is -3.28. The van der Waals surface area contributed by atoms with Crippen molar-refractivity contribution in [2.45, 2.75) is 13.0 Å². The summed E-state index contributed by atoms with van der Waals surface area (Å²) in [6, 6.07) is 18.0. The third-order valence-electron chi connectivity index (χ3n) is 5.36. The number of hydrogen-bond donors (Lipinski definition) is 1. The van der Waals surface area contributed by atoms with Gasteiger partial charge in [-0.1, -0.05) is 53.0 Å². The summed E-state index contributed by atoms with van der Waals surface area (Å²) in [5.74, 6) is -1.29. The highest BCUT2D eigenvalue weighted by Gasteiger charge is 2.47. The normalized spacial score (nSPS) is 17.6. The molecule has 3 aromatic carbocycles. The van der Waals surface area contributed by atoms with Gasteiger partial charge in [0.15, 0.2) is 0 Å². The van der Waals surface area contributed by atoms with Crippen LogP contribution in [0.3, 0.4) is 0 Å². The zero-order valence-electron chi connectivity index (χ0n) is 17.3. The molecule has 162 valence electrons. The van der Waals surface area contributed by atoms with Crippen molar-refractivity contribution in [1.29, 1.82) is 0 Å². The zero-order chi connectivity index (χ0) is 23.0. The van der Waals surface area contributed by atoms with Crippen LogP contribution in [0.1, 0.15) is 22.7 Å². The number of ketones is 1. The Morgan fingerprint density at radius 3 is 2.34 bits per heavy atom. The van der Waals surface area contributed by atoms with E-state index in [2.05, 4.69) is 0 Å². The Kier molecular flexibility index (Phi) is 5.96. The molecule has 0 aromatic heterocycles. The van der Waals surface area contributed by atoms with Gasteiger partial charge in [-0.05, 0) is 55.0 Å². The fourth-order valence-electron chi connectivity index (χ4n) is 3.73. The van der Waals surface area contributed by atoms with Gasteiger partial charge in [-0.3, -0.25) is 14.5 Å². The van der Waals surface area contributed by atoms with Gasteiger partial charge < -0.3 is 9.84 Å². The summed E-state index contributed by atoms with van der Waals surface area (Å²) in [7, 11) is 1.53. The van der Waals surface area contributed by atoms with Crippen molar-refractivity contribution in [3.05, 3.63) is 99.0 Å². The second-order valence-electron chi connectivity index (χ2n) is 7.41. The predicted octanol–water partition coefficient (Wildman–Crippen LogP) is 5.94. The number of Topliss-reactive ketones (excluding diaryl/α,β-unsaturated/α-hetero) is 1. The van der Waals surface area contributed by atoms with E-state index in [1.807, 2.05) is 19.1 Å². The van der Waals surface area contributed by atoms with Crippen LogP contribution < -0.4 is 9.64 Å². The molecule has 1 aliphatic heterocycles. The van der Waals surface area contributed by atoms with Crippen molar-refractivity contribution in [1.82, 2.24) is 0 Å². The van der Waals surface area contributed by atoms with E-state index < -0.39 is 17.7 Å². The molecule has 0 aliphatic carbocycles. The lowest BCUT2D eigenvalue weighted by Gasteiger charge is -2.26. The van der Waals surface area contributed by atoms with Crippen LogP contribution in [0.5, 0.6) is 5.75 Å². The van der Waals surface area contributed by atoms with Crippen LogP contribution in [-0.4, -0.2) is 23.9 Å². The number of carbonyl (C=O) groups is 2. The van der Waals surface area contributed by atoms with Gasteiger partial charge in [-0.2, -0.15) is 0 Å². The molecule has 0 saturated carbocycles. The standard InChI is InChI=1S/C25H19Cl2NO4/c1-14-6-9-17(10-7-14)28-22(15-4-3-5-18(12-15)32-2)21(24(30)25(28)31)23(29)16-8-11-19(26)20(27)13-16/h3-13,22,29H,1-2H3/b23-21-. The van der Waals surface area contributed by atoms with Gasteiger partial charge in [-0.15, -0.1) is 0 Å². The number of ether oxygens (including phenoxy) is 1. The first-order valence-corrected chi connectivity index (χ1v) is 10.5. The van der Waals surface area contributed by atoms with Gasteiger partial charge in [-0.25, -0.2) is 0 Å². The highest BCUT2D eigenvalue weighted by Crippen LogP contribution is 2.43. The van der Waals surface area contributed by atoms with Crippen molar-refractivity contribution in [2.24, 2.45) is 0 Å². The highest BCUT2D eigenvalue weighted by atomic mass is 35.5. The largest absolute Gasteiger partial charge is 0.507 e. The zero-order valence-corrected chi connectivity index (χ0v) is 18.8. The van der Waals surface area contributed by atoms with Gasteiger partial charge >= 0.3 is 0 Å². The number of anilines is 1.